The molecule has 0 N–H and O–H groups in total. The Morgan fingerprint density at radius 1 is 0.600 bits per heavy atom. The second-order valence-electron chi connectivity index (χ2n) is 3.48. The molecule has 20 heavy (non-hydrogen) atoms. The van der Waals surface area contributed by atoms with Crippen molar-refractivity contribution >= 4 is 0 Å². The summed E-state index contributed by atoms with van der Waals surface area (Å²) < 4.78 is 146. The first-order valence-electron chi connectivity index (χ1n) is 4.37. The third-order valence-electron chi connectivity index (χ3n) is 2.17. The summed E-state index contributed by atoms with van der Waals surface area (Å²) in [5.74, 6) is -6.77. The first-order valence-corrected chi connectivity index (χ1v) is 4.37. The van der Waals surface area contributed by atoms with Gasteiger partial charge in [0, 0.05) is 6.08 Å². The van der Waals surface area contributed by atoms with E-state index in [1.54, 1.807) is 0 Å². The number of halogens is 12. The van der Waals surface area contributed by atoms with E-state index in [-0.39, 0.29) is 0 Å². The molecule has 0 unspecified atom stereocenters. The van der Waals surface area contributed by atoms with E-state index in [1.165, 1.54) is 0 Å². The average molecular weight is 328 g/mol. The quantitative estimate of drug-likeness (QED) is 0.513. The number of alkyl halides is 12. The molecule has 0 aromatic carbocycles. The first-order chi connectivity index (χ1) is 8.59. The lowest BCUT2D eigenvalue weighted by Gasteiger charge is -2.37. The summed E-state index contributed by atoms with van der Waals surface area (Å²) in [7, 11) is 0. The molecule has 0 rings (SSSR count). The van der Waals surface area contributed by atoms with Gasteiger partial charge in [0.05, 0.1) is 0 Å². The zero-order chi connectivity index (χ0) is 16.6. The molecule has 0 heterocycles. The van der Waals surface area contributed by atoms with Crippen LogP contribution in [0.5, 0.6) is 0 Å². The van der Waals surface area contributed by atoms with Crippen LogP contribution in [0.1, 0.15) is 0 Å². The summed E-state index contributed by atoms with van der Waals surface area (Å²) >= 11 is 0. The maximum absolute atomic E-state index is 12.8. The van der Waals surface area contributed by atoms with E-state index in [4.69, 9.17) is 0 Å². The van der Waals surface area contributed by atoms with Crippen molar-refractivity contribution in [2.24, 2.45) is 5.41 Å². The predicted octanol–water partition coefficient (Wildman–Crippen LogP) is 4.82. The molecule has 0 spiro atoms. The monoisotopic (exact) mass is 328 g/mol. The maximum Gasteiger partial charge on any atom is 0.454 e. The Morgan fingerprint density at radius 3 is 1.15 bits per heavy atom. The maximum atomic E-state index is 12.8. The third-order valence-corrected chi connectivity index (χ3v) is 2.17. The van der Waals surface area contributed by atoms with E-state index in [9.17, 15) is 52.7 Å². The number of allylic oxidation sites excluding steroid dienone is 2. The van der Waals surface area contributed by atoms with Gasteiger partial charge in [0.25, 0.3) is 12.9 Å². The molecule has 0 fully saturated rings. The second-order valence-corrected chi connectivity index (χ2v) is 3.48. The van der Waals surface area contributed by atoms with Gasteiger partial charge in [0.1, 0.15) is 0 Å². The van der Waals surface area contributed by atoms with E-state index < -0.39 is 48.7 Å². The minimum atomic E-state index is -6.89. The lowest BCUT2D eigenvalue weighted by molar-refractivity contribution is -0.351. The van der Waals surface area contributed by atoms with E-state index in [0.29, 0.717) is 0 Å². The smallest absolute Gasteiger partial charge is 0.209 e. The fourth-order valence-electron chi connectivity index (χ4n) is 1.10. The van der Waals surface area contributed by atoms with Gasteiger partial charge in [0.2, 0.25) is 0 Å². The largest absolute Gasteiger partial charge is 0.454 e. The highest BCUT2D eigenvalue weighted by atomic mass is 19.4. The van der Waals surface area contributed by atoms with Crippen molar-refractivity contribution in [3.8, 4) is 0 Å². The molecule has 0 aromatic rings. The zero-order valence-corrected chi connectivity index (χ0v) is 8.84. The summed E-state index contributed by atoms with van der Waals surface area (Å²) in [6.07, 6.45) is -25.8. The molecule has 0 radical (unpaired) electrons. The molecule has 0 aliphatic heterocycles. The summed E-state index contributed by atoms with van der Waals surface area (Å²) in [4.78, 5) is 0. The molecular weight excluding hydrogens is 324 g/mol. The van der Waals surface area contributed by atoms with Crippen LogP contribution >= 0.6 is 0 Å². The van der Waals surface area contributed by atoms with Crippen LogP contribution in [0.4, 0.5) is 52.7 Å². The Hall–Kier alpha value is -1.10. The summed E-state index contributed by atoms with van der Waals surface area (Å²) in [5.41, 5.74) is -5.64. The second kappa shape index (κ2) is 5.35. The van der Waals surface area contributed by atoms with Crippen LogP contribution in [-0.2, 0) is 0 Å². The summed E-state index contributed by atoms with van der Waals surface area (Å²) in [5, 5.41) is 0. The van der Waals surface area contributed by atoms with Crippen LogP contribution in [0.2, 0.25) is 0 Å². The molecule has 0 aliphatic carbocycles. The molecule has 0 amide bonds. The number of hydrogen-bond donors (Lipinski definition) is 0. The Labute approximate surface area is 103 Å². The average Bonchev–Trinajstić information content (AvgIpc) is 2.12. The van der Waals surface area contributed by atoms with Crippen molar-refractivity contribution in [3.05, 3.63) is 12.2 Å². The highest BCUT2D eigenvalue weighted by molar-refractivity contribution is 5.14. The minimum absolute atomic E-state index is 1.51. The fourth-order valence-corrected chi connectivity index (χ4v) is 1.10. The molecular formula is C8H4F12. The Kier molecular flexibility index (Phi) is 5.06. The highest BCUT2D eigenvalue weighted by Gasteiger charge is 2.76. The van der Waals surface area contributed by atoms with E-state index >= 15 is 0 Å². The van der Waals surface area contributed by atoms with Gasteiger partial charge in [-0.2, -0.15) is 35.1 Å². The lowest BCUT2D eigenvalue weighted by atomic mass is 9.80. The van der Waals surface area contributed by atoms with E-state index in [1.807, 2.05) is 0 Å². The fraction of sp³-hybridized carbons (Fsp3) is 0.750. The molecule has 0 saturated heterocycles. The first kappa shape index (κ1) is 18.9. The number of hydrogen-bond acceptors (Lipinski definition) is 0. The van der Waals surface area contributed by atoms with Crippen molar-refractivity contribution in [2.45, 2.75) is 31.1 Å². The lowest BCUT2D eigenvalue weighted by Crippen LogP contribution is -2.58. The van der Waals surface area contributed by atoms with Gasteiger partial charge in [-0.15, -0.1) is 0 Å². The molecule has 0 nitrogen and oxygen atoms in total. The molecule has 0 bridgehead atoms. The van der Waals surface area contributed by atoms with Crippen LogP contribution in [-0.4, -0.2) is 31.1 Å². The van der Waals surface area contributed by atoms with Gasteiger partial charge in [-0.25, -0.2) is 17.6 Å². The van der Waals surface area contributed by atoms with Crippen LogP contribution in [0.25, 0.3) is 0 Å². The van der Waals surface area contributed by atoms with Crippen molar-refractivity contribution in [1.29, 1.82) is 0 Å². The Bertz CT molecular complexity index is 337. The van der Waals surface area contributed by atoms with Gasteiger partial charge in [-0.05, 0) is 0 Å². The van der Waals surface area contributed by atoms with Crippen molar-refractivity contribution in [1.82, 2.24) is 0 Å². The Balaban J connectivity index is 6.15. The van der Waals surface area contributed by atoms with Crippen LogP contribution in [0.3, 0.4) is 0 Å². The highest BCUT2D eigenvalue weighted by Crippen LogP contribution is 2.55. The van der Waals surface area contributed by atoms with Crippen LogP contribution < -0.4 is 0 Å². The minimum Gasteiger partial charge on any atom is -0.209 e. The van der Waals surface area contributed by atoms with E-state index in [2.05, 4.69) is 0 Å². The normalized spacial score (nSPS) is 15.7. The third kappa shape index (κ3) is 3.32. The topological polar surface area (TPSA) is 0 Å². The molecule has 0 aliphatic rings. The Morgan fingerprint density at radius 2 is 0.950 bits per heavy atom. The van der Waals surface area contributed by atoms with Gasteiger partial charge in [-0.1, -0.05) is 6.08 Å². The molecule has 0 saturated carbocycles. The molecule has 0 atom stereocenters. The van der Waals surface area contributed by atoms with Crippen molar-refractivity contribution in [2.75, 3.05) is 0 Å². The summed E-state index contributed by atoms with van der Waals surface area (Å²) in [6.45, 7) is 0. The van der Waals surface area contributed by atoms with Gasteiger partial charge < -0.3 is 0 Å². The zero-order valence-electron chi connectivity index (χ0n) is 8.84. The predicted molar refractivity (Wildman–Crippen MR) is 40.6 cm³/mol. The molecule has 12 heteroatoms. The van der Waals surface area contributed by atoms with Crippen molar-refractivity contribution in [3.63, 3.8) is 0 Å². The van der Waals surface area contributed by atoms with Gasteiger partial charge >= 0.3 is 18.3 Å². The summed E-state index contributed by atoms with van der Waals surface area (Å²) in [6, 6.07) is 0. The van der Waals surface area contributed by atoms with Crippen LogP contribution in [0, 0.1) is 5.41 Å². The van der Waals surface area contributed by atoms with Crippen molar-refractivity contribution < 1.29 is 52.7 Å². The van der Waals surface area contributed by atoms with Gasteiger partial charge in [-0.3, -0.25) is 0 Å². The van der Waals surface area contributed by atoms with E-state index in [0.717, 1.165) is 0 Å². The number of rotatable bonds is 4. The standard InChI is InChI=1S/C8H4F12/c9-3(10)5(4(11)12,1-2-6(13,14)15)7(16,17)8(18,19)20/h1-4H/b2-1+. The van der Waals surface area contributed by atoms with Crippen LogP contribution in [0.15, 0.2) is 12.2 Å². The molecule has 120 valence electrons. The SMILES string of the molecule is FC(F)C(/C=C/C(F)(F)F)(C(F)F)C(F)(F)C(F)(F)F. The van der Waals surface area contributed by atoms with Gasteiger partial charge in [0.15, 0.2) is 5.41 Å². The molecule has 0 aromatic heterocycles.